The Labute approximate surface area is 178 Å². The summed E-state index contributed by atoms with van der Waals surface area (Å²) in [5.74, 6) is -0.563. The number of fused-ring (bicyclic) bond motifs is 1. The first kappa shape index (κ1) is 20.9. The van der Waals surface area contributed by atoms with Gasteiger partial charge in [-0.3, -0.25) is 4.98 Å². The van der Waals surface area contributed by atoms with E-state index in [0.717, 1.165) is 29.2 Å². The summed E-state index contributed by atoms with van der Waals surface area (Å²) in [4.78, 5) is 17.7. The maximum absolute atomic E-state index is 12.8. The van der Waals surface area contributed by atoms with Gasteiger partial charge in [-0.1, -0.05) is 32.0 Å². The van der Waals surface area contributed by atoms with Gasteiger partial charge in [-0.2, -0.15) is 13.2 Å². The lowest BCUT2D eigenvalue weighted by Gasteiger charge is -2.25. The zero-order valence-electron chi connectivity index (χ0n) is 17.0. The van der Waals surface area contributed by atoms with E-state index in [1.54, 1.807) is 11.0 Å². The Hall–Kier alpha value is -3.35. The molecule has 2 aromatic carbocycles. The van der Waals surface area contributed by atoms with Crippen LogP contribution in [0.5, 0.6) is 0 Å². The van der Waals surface area contributed by atoms with Gasteiger partial charge in [-0.05, 0) is 53.4 Å². The van der Waals surface area contributed by atoms with E-state index in [-0.39, 0.29) is 0 Å². The molecule has 0 fully saturated rings. The van der Waals surface area contributed by atoms with Gasteiger partial charge in [0.25, 0.3) is 0 Å². The van der Waals surface area contributed by atoms with Crippen molar-refractivity contribution in [3.63, 3.8) is 0 Å². The molecule has 1 aromatic heterocycles. The van der Waals surface area contributed by atoms with Gasteiger partial charge in [0.2, 0.25) is 0 Å². The van der Waals surface area contributed by atoms with Crippen LogP contribution in [0.1, 0.15) is 36.5 Å². The summed E-state index contributed by atoms with van der Waals surface area (Å²) in [5.41, 5.74) is 3.80. The second-order valence-corrected chi connectivity index (χ2v) is 7.95. The molecule has 0 amide bonds. The summed E-state index contributed by atoms with van der Waals surface area (Å²) in [7, 11) is 0. The summed E-state index contributed by atoms with van der Waals surface area (Å²) in [6.07, 6.45) is -3.33. The number of carbonyl (C=O) groups is 1. The van der Waals surface area contributed by atoms with E-state index in [1.807, 2.05) is 36.4 Å². The van der Waals surface area contributed by atoms with Gasteiger partial charge in [0.1, 0.15) is 6.04 Å². The fourth-order valence-corrected chi connectivity index (χ4v) is 3.88. The Morgan fingerprint density at radius 3 is 2.35 bits per heavy atom. The van der Waals surface area contributed by atoms with Gasteiger partial charge in [-0.15, -0.1) is 0 Å². The van der Waals surface area contributed by atoms with Crippen LogP contribution >= 0.6 is 0 Å². The first-order valence-electron chi connectivity index (χ1n) is 9.93. The molecule has 0 aliphatic carbocycles. The fraction of sp³-hybridized carbons (Fsp3) is 0.250. The molecule has 4 nitrogen and oxygen atoms in total. The fourth-order valence-electron chi connectivity index (χ4n) is 3.88. The molecule has 1 aliphatic heterocycles. The lowest BCUT2D eigenvalue weighted by molar-refractivity contribution is -0.138. The van der Waals surface area contributed by atoms with Crippen molar-refractivity contribution in [3.05, 3.63) is 77.5 Å². The van der Waals surface area contributed by atoms with Crippen LogP contribution in [-0.2, 0) is 17.4 Å². The minimum absolute atomic E-state index is 0.297. The van der Waals surface area contributed by atoms with Crippen molar-refractivity contribution in [1.82, 2.24) is 4.98 Å². The molecule has 0 saturated heterocycles. The van der Waals surface area contributed by atoms with Gasteiger partial charge in [-0.25, -0.2) is 4.79 Å². The molecule has 31 heavy (non-hydrogen) atoms. The zero-order valence-corrected chi connectivity index (χ0v) is 17.0. The highest BCUT2D eigenvalue weighted by atomic mass is 19.4. The number of rotatable bonds is 4. The minimum Gasteiger partial charge on any atom is -0.480 e. The summed E-state index contributed by atoms with van der Waals surface area (Å²) in [6, 6.07) is 14.8. The molecule has 2 heterocycles. The second kappa shape index (κ2) is 7.72. The standard InChI is InChI=1S/C24H21F3N2O2/c1-14(2)15-3-7-19(8-4-15)29-21-10-5-16(11-17(21)12-22(29)23(30)31)20-9-6-18(13-28-20)24(25,26)27/h3-11,13-14,22H,12H2,1-2H3,(H,30,31). The molecule has 4 rings (SSSR count). The van der Waals surface area contributed by atoms with E-state index in [9.17, 15) is 23.1 Å². The van der Waals surface area contributed by atoms with Crippen molar-refractivity contribution in [2.24, 2.45) is 0 Å². The number of nitrogens with zero attached hydrogens (tertiary/aromatic N) is 2. The maximum atomic E-state index is 12.8. The molecule has 7 heteroatoms. The molecular weight excluding hydrogens is 405 g/mol. The SMILES string of the molecule is CC(C)c1ccc(N2c3ccc(-c4ccc(C(F)(F)F)cn4)cc3CC2C(=O)O)cc1. The molecule has 0 saturated carbocycles. The predicted molar refractivity (Wildman–Crippen MR) is 112 cm³/mol. The molecule has 1 N–H and O–H groups in total. The van der Waals surface area contributed by atoms with Gasteiger partial charge in [0.05, 0.1) is 11.3 Å². The van der Waals surface area contributed by atoms with E-state index in [1.165, 1.54) is 11.6 Å². The van der Waals surface area contributed by atoms with Crippen LogP contribution in [0, 0.1) is 0 Å². The summed E-state index contributed by atoms with van der Waals surface area (Å²) < 4.78 is 38.4. The lowest BCUT2D eigenvalue weighted by Crippen LogP contribution is -2.35. The smallest absolute Gasteiger partial charge is 0.417 e. The molecule has 1 aliphatic rings. The summed E-state index contributed by atoms with van der Waals surface area (Å²) >= 11 is 0. The van der Waals surface area contributed by atoms with E-state index in [2.05, 4.69) is 18.8 Å². The second-order valence-electron chi connectivity index (χ2n) is 7.95. The van der Waals surface area contributed by atoms with Crippen LogP contribution in [0.25, 0.3) is 11.3 Å². The topological polar surface area (TPSA) is 53.4 Å². The Bertz CT molecular complexity index is 1110. The van der Waals surface area contributed by atoms with Crippen molar-refractivity contribution in [1.29, 1.82) is 0 Å². The minimum atomic E-state index is -4.44. The number of carboxylic acid groups (broad SMARTS) is 1. The Kier molecular flexibility index (Phi) is 5.21. The third kappa shape index (κ3) is 4.00. The number of alkyl halides is 3. The van der Waals surface area contributed by atoms with E-state index >= 15 is 0 Å². The third-order valence-electron chi connectivity index (χ3n) is 5.57. The zero-order chi connectivity index (χ0) is 22.3. The lowest BCUT2D eigenvalue weighted by atomic mass is 10.0. The molecule has 0 spiro atoms. The van der Waals surface area contributed by atoms with Crippen LogP contribution in [0.2, 0.25) is 0 Å². The normalized spacial score (nSPS) is 15.9. The number of benzene rings is 2. The molecule has 1 unspecified atom stereocenters. The first-order chi connectivity index (χ1) is 14.6. The number of aliphatic carboxylic acids is 1. The number of hydrogen-bond acceptors (Lipinski definition) is 3. The summed E-state index contributed by atoms with van der Waals surface area (Å²) in [5, 5.41) is 9.79. The first-order valence-corrected chi connectivity index (χ1v) is 9.93. The van der Waals surface area contributed by atoms with Crippen molar-refractivity contribution >= 4 is 17.3 Å². The largest absolute Gasteiger partial charge is 0.480 e. The monoisotopic (exact) mass is 426 g/mol. The van der Waals surface area contributed by atoms with E-state index < -0.39 is 23.8 Å². The highest BCUT2D eigenvalue weighted by Gasteiger charge is 2.36. The predicted octanol–water partition coefficient (Wildman–Crippen LogP) is 6.04. The number of hydrogen-bond donors (Lipinski definition) is 1. The number of aromatic nitrogens is 1. The Morgan fingerprint density at radius 1 is 1.10 bits per heavy atom. The average molecular weight is 426 g/mol. The maximum Gasteiger partial charge on any atom is 0.417 e. The molecular formula is C24H21F3N2O2. The molecule has 0 radical (unpaired) electrons. The third-order valence-corrected chi connectivity index (χ3v) is 5.57. The Morgan fingerprint density at radius 2 is 1.81 bits per heavy atom. The Balaban J connectivity index is 1.69. The van der Waals surface area contributed by atoms with Crippen LogP contribution in [0.3, 0.4) is 0 Å². The van der Waals surface area contributed by atoms with E-state index in [0.29, 0.717) is 23.6 Å². The van der Waals surface area contributed by atoms with Crippen LogP contribution < -0.4 is 4.90 Å². The molecule has 160 valence electrons. The van der Waals surface area contributed by atoms with Crippen molar-refractivity contribution in [2.45, 2.75) is 38.4 Å². The van der Waals surface area contributed by atoms with Gasteiger partial charge in [0, 0.05) is 29.6 Å². The number of carboxylic acids is 1. The van der Waals surface area contributed by atoms with Gasteiger partial charge in [0.15, 0.2) is 0 Å². The van der Waals surface area contributed by atoms with Crippen molar-refractivity contribution in [3.8, 4) is 11.3 Å². The molecule has 1 atom stereocenters. The van der Waals surface area contributed by atoms with Crippen LogP contribution in [-0.4, -0.2) is 22.1 Å². The van der Waals surface area contributed by atoms with Crippen LogP contribution in [0.15, 0.2) is 60.8 Å². The number of pyridine rings is 1. The molecule has 0 bridgehead atoms. The highest BCUT2D eigenvalue weighted by molar-refractivity contribution is 5.88. The number of anilines is 2. The average Bonchev–Trinajstić information content (AvgIpc) is 3.12. The van der Waals surface area contributed by atoms with E-state index in [4.69, 9.17) is 0 Å². The number of halogens is 3. The molecule has 3 aromatic rings. The highest BCUT2D eigenvalue weighted by Crippen LogP contribution is 2.41. The van der Waals surface area contributed by atoms with Gasteiger partial charge >= 0.3 is 12.1 Å². The van der Waals surface area contributed by atoms with Crippen LogP contribution in [0.4, 0.5) is 24.5 Å². The van der Waals surface area contributed by atoms with Crippen molar-refractivity contribution in [2.75, 3.05) is 4.90 Å². The van der Waals surface area contributed by atoms with Gasteiger partial charge < -0.3 is 10.0 Å². The van der Waals surface area contributed by atoms with Crippen molar-refractivity contribution < 1.29 is 23.1 Å². The quantitative estimate of drug-likeness (QED) is 0.553. The summed E-state index contributed by atoms with van der Waals surface area (Å²) in [6.45, 7) is 4.19.